The van der Waals surface area contributed by atoms with E-state index in [1.54, 1.807) is 58.8 Å². The minimum absolute atomic E-state index is 0.334. The van der Waals surface area contributed by atoms with E-state index in [4.69, 9.17) is 27.9 Å². The predicted octanol–water partition coefficient (Wildman–Crippen LogP) is 4.11. The lowest BCUT2D eigenvalue weighted by atomic mass is 10.2. The van der Waals surface area contributed by atoms with E-state index in [9.17, 15) is 0 Å². The summed E-state index contributed by atoms with van der Waals surface area (Å²) in [5.74, 6) is 4.00. The van der Waals surface area contributed by atoms with Crippen molar-refractivity contribution in [3.8, 4) is 45.8 Å². The first kappa shape index (κ1) is 21.5. The summed E-state index contributed by atoms with van der Waals surface area (Å²) in [5, 5.41) is 12.6. The van der Waals surface area contributed by atoms with Gasteiger partial charge in [0.05, 0.1) is 45.3 Å². The fourth-order valence-corrected chi connectivity index (χ4v) is 3.48. The summed E-state index contributed by atoms with van der Waals surface area (Å²) < 4.78 is 32.3. The zero-order chi connectivity index (χ0) is 22.5. The summed E-state index contributed by atoms with van der Waals surface area (Å²) in [6, 6.07) is 10.7. The molecular weight excluding hydrogens is 436 g/mol. The van der Waals surface area contributed by atoms with Gasteiger partial charge in [-0.05, 0) is 24.3 Å². The lowest BCUT2D eigenvalue weighted by molar-refractivity contribution is 0.387. The molecule has 0 saturated heterocycles. The molecule has 4 aromatic rings. The van der Waals surface area contributed by atoms with E-state index in [-0.39, 0.29) is 0 Å². The van der Waals surface area contributed by atoms with Crippen LogP contribution in [-0.4, -0.2) is 48.8 Å². The average Bonchev–Trinajstić information content (AvgIpc) is 3.51. The van der Waals surface area contributed by atoms with Crippen molar-refractivity contribution >= 4 is 11.8 Å². The molecule has 0 unspecified atom stereocenters. The summed E-state index contributed by atoms with van der Waals surface area (Å²) in [6.45, 7) is 0. The number of thioether (sulfide) groups is 1. The van der Waals surface area contributed by atoms with Crippen LogP contribution in [-0.2, 0) is 5.75 Å². The molecule has 0 bridgehead atoms. The zero-order valence-electron chi connectivity index (χ0n) is 17.8. The maximum Gasteiger partial charge on any atom is 0.277 e. The average molecular weight is 456 g/mol. The Morgan fingerprint density at radius 1 is 0.812 bits per heavy atom. The zero-order valence-corrected chi connectivity index (χ0v) is 18.6. The lowest BCUT2D eigenvalue weighted by Crippen LogP contribution is -1.91. The van der Waals surface area contributed by atoms with Gasteiger partial charge in [-0.1, -0.05) is 16.9 Å². The monoisotopic (exact) mass is 456 g/mol. The molecule has 11 heteroatoms. The SMILES string of the molecule is COc1ccc(-c2noc(CSc3nnc(-c4ccc(OC)cc4OC)o3)n2)c(OC)c1. The first-order valence-electron chi connectivity index (χ1n) is 9.38. The van der Waals surface area contributed by atoms with Crippen LogP contribution >= 0.6 is 11.8 Å². The molecule has 4 rings (SSSR count). The maximum atomic E-state index is 5.76. The van der Waals surface area contributed by atoms with E-state index >= 15 is 0 Å². The van der Waals surface area contributed by atoms with Crippen LogP contribution in [0, 0.1) is 0 Å². The van der Waals surface area contributed by atoms with Crippen LogP contribution in [0.5, 0.6) is 23.0 Å². The quantitative estimate of drug-likeness (QED) is 0.339. The molecule has 2 heterocycles. The number of benzene rings is 2. The second-order valence-corrected chi connectivity index (χ2v) is 7.23. The van der Waals surface area contributed by atoms with E-state index in [0.717, 1.165) is 0 Å². The Morgan fingerprint density at radius 3 is 2.12 bits per heavy atom. The fourth-order valence-electron chi connectivity index (χ4n) is 2.88. The summed E-state index contributed by atoms with van der Waals surface area (Å²) in [7, 11) is 6.31. The van der Waals surface area contributed by atoms with E-state index in [1.165, 1.54) is 11.8 Å². The predicted molar refractivity (Wildman–Crippen MR) is 115 cm³/mol. The molecule has 0 amide bonds. The molecule has 2 aromatic heterocycles. The van der Waals surface area contributed by atoms with Crippen molar-refractivity contribution in [3.05, 3.63) is 42.3 Å². The number of hydrogen-bond acceptors (Lipinski definition) is 11. The van der Waals surface area contributed by atoms with Crippen LogP contribution in [0.15, 0.2) is 50.6 Å². The van der Waals surface area contributed by atoms with Gasteiger partial charge in [0.15, 0.2) is 0 Å². The maximum absolute atomic E-state index is 5.76. The number of rotatable bonds is 9. The standard InChI is InChI=1S/C21H20N4O6S/c1-26-12-5-7-14(16(9-12)28-3)19-22-18(31-25-19)11-32-21-24-23-20(30-21)15-8-6-13(27-2)10-17(15)29-4/h5-10H,11H2,1-4H3. The van der Waals surface area contributed by atoms with Gasteiger partial charge in [-0.2, -0.15) is 4.98 Å². The highest BCUT2D eigenvalue weighted by molar-refractivity contribution is 7.98. The first-order valence-corrected chi connectivity index (χ1v) is 10.4. The molecule has 0 radical (unpaired) electrons. The van der Waals surface area contributed by atoms with Gasteiger partial charge in [-0.25, -0.2) is 0 Å². The number of nitrogens with zero attached hydrogens (tertiary/aromatic N) is 4. The van der Waals surface area contributed by atoms with Crippen molar-refractivity contribution in [3.63, 3.8) is 0 Å². The smallest absolute Gasteiger partial charge is 0.277 e. The molecule has 0 aliphatic carbocycles. The molecule has 10 nitrogen and oxygen atoms in total. The Morgan fingerprint density at radius 2 is 1.47 bits per heavy atom. The van der Waals surface area contributed by atoms with Gasteiger partial charge in [0, 0.05) is 12.1 Å². The summed E-state index contributed by atoms with van der Waals surface area (Å²) in [4.78, 5) is 4.43. The van der Waals surface area contributed by atoms with Gasteiger partial charge in [-0.15, -0.1) is 10.2 Å². The molecule has 166 valence electrons. The number of aromatic nitrogens is 4. The lowest BCUT2D eigenvalue weighted by Gasteiger charge is -2.07. The second-order valence-electron chi connectivity index (χ2n) is 6.31. The van der Waals surface area contributed by atoms with Crippen molar-refractivity contribution in [2.24, 2.45) is 0 Å². The van der Waals surface area contributed by atoms with Gasteiger partial charge in [0.1, 0.15) is 23.0 Å². The number of ether oxygens (including phenoxy) is 4. The summed E-state index contributed by atoms with van der Waals surface area (Å²) in [6.07, 6.45) is 0. The van der Waals surface area contributed by atoms with E-state index in [2.05, 4.69) is 20.3 Å². The van der Waals surface area contributed by atoms with Crippen molar-refractivity contribution in [1.29, 1.82) is 0 Å². The molecule has 32 heavy (non-hydrogen) atoms. The largest absolute Gasteiger partial charge is 0.497 e. The molecule has 0 atom stereocenters. The first-order chi connectivity index (χ1) is 15.6. The Bertz CT molecular complexity index is 1110. The van der Waals surface area contributed by atoms with Gasteiger partial charge in [-0.3, -0.25) is 0 Å². The molecule has 0 spiro atoms. The normalized spacial score (nSPS) is 10.8. The topological polar surface area (TPSA) is 115 Å². The highest BCUT2D eigenvalue weighted by atomic mass is 32.2. The van der Waals surface area contributed by atoms with Crippen molar-refractivity contribution in [1.82, 2.24) is 20.3 Å². The van der Waals surface area contributed by atoms with Crippen molar-refractivity contribution < 1.29 is 27.9 Å². The van der Waals surface area contributed by atoms with E-state index in [1.807, 2.05) is 6.07 Å². The van der Waals surface area contributed by atoms with Gasteiger partial charge >= 0.3 is 0 Å². The molecule has 0 fully saturated rings. The van der Waals surface area contributed by atoms with Crippen LogP contribution in [0.3, 0.4) is 0 Å². The van der Waals surface area contributed by atoms with E-state index < -0.39 is 0 Å². The molecule has 0 N–H and O–H groups in total. The number of methoxy groups -OCH3 is 4. The van der Waals surface area contributed by atoms with Crippen molar-refractivity contribution in [2.45, 2.75) is 11.0 Å². The fraction of sp³-hybridized carbons (Fsp3) is 0.238. The summed E-state index contributed by atoms with van der Waals surface area (Å²) >= 11 is 1.28. The van der Waals surface area contributed by atoms with Crippen LogP contribution < -0.4 is 18.9 Å². The highest BCUT2D eigenvalue weighted by Crippen LogP contribution is 2.35. The molecule has 0 aliphatic rings. The Balaban J connectivity index is 1.46. The Hall–Kier alpha value is -3.73. The third kappa shape index (κ3) is 4.47. The highest BCUT2D eigenvalue weighted by Gasteiger charge is 2.17. The Labute approximate surface area is 187 Å². The van der Waals surface area contributed by atoms with E-state index in [0.29, 0.717) is 62.7 Å². The van der Waals surface area contributed by atoms with Crippen LogP contribution in [0.1, 0.15) is 5.89 Å². The summed E-state index contributed by atoms with van der Waals surface area (Å²) in [5.41, 5.74) is 1.36. The van der Waals surface area contributed by atoms with Crippen molar-refractivity contribution in [2.75, 3.05) is 28.4 Å². The van der Waals surface area contributed by atoms with Gasteiger partial charge in [0.2, 0.25) is 11.7 Å². The molecule has 0 aliphatic heterocycles. The molecule has 2 aromatic carbocycles. The Kier molecular flexibility index (Phi) is 6.45. The third-order valence-corrected chi connectivity index (χ3v) is 5.29. The van der Waals surface area contributed by atoms with Crippen LogP contribution in [0.25, 0.3) is 22.8 Å². The third-order valence-electron chi connectivity index (χ3n) is 4.48. The molecular formula is C21H20N4O6S. The molecule has 0 saturated carbocycles. The number of hydrogen-bond donors (Lipinski definition) is 0. The van der Waals surface area contributed by atoms with Crippen LogP contribution in [0.2, 0.25) is 0 Å². The van der Waals surface area contributed by atoms with Crippen LogP contribution in [0.4, 0.5) is 0 Å². The van der Waals surface area contributed by atoms with Gasteiger partial charge in [0.25, 0.3) is 11.1 Å². The minimum atomic E-state index is 0.334. The second kappa shape index (κ2) is 9.60. The minimum Gasteiger partial charge on any atom is -0.497 e. The van der Waals surface area contributed by atoms with Gasteiger partial charge < -0.3 is 27.9 Å².